The summed E-state index contributed by atoms with van der Waals surface area (Å²) in [5.74, 6) is 0.931. The largest absolute Gasteiger partial charge is 0.496 e. The highest BCUT2D eigenvalue weighted by Gasteiger charge is 2.08. The van der Waals surface area contributed by atoms with E-state index in [9.17, 15) is 4.79 Å². The highest BCUT2D eigenvalue weighted by molar-refractivity contribution is 5.90. The number of carbonyl (C=O) groups excluding carboxylic acids is 1. The Balaban J connectivity index is 3.20. The van der Waals surface area contributed by atoms with Gasteiger partial charge in [0.1, 0.15) is 11.5 Å². The molecule has 0 aromatic heterocycles. The van der Waals surface area contributed by atoms with Gasteiger partial charge in [0.15, 0.2) is 0 Å². The van der Waals surface area contributed by atoms with Crippen molar-refractivity contribution in [2.24, 2.45) is 5.73 Å². The zero-order valence-corrected chi connectivity index (χ0v) is 9.61. The lowest BCUT2D eigenvalue weighted by atomic mass is 10.1. The first-order valence-corrected chi connectivity index (χ1v) is 4.79. The Morgan fingerprint density at radius 3 is 2.50 bits per heavy atom. The molecule has 0 bridgehead atoms. The van der Waals surface area contributed by atoms with E-state index in [1.807, 2.05) is 19.1 Å². The topological polar surface area (TPSA) is 61.5 Å². The SMILES string of the molecule is COc1ccc(/C=C/C(N)=O)c(OC)c1C. The maximum absolute atomic E-state index is 10.7. The van der Waals surface area contributed by atoms with Gasteiger partial charge in [-0.3, -0.25) is 4.79 Å². The second kappa shape index (κ2) is 5.21. The highest BCUT2D eigenvalue weighted by atomic mass is 16.5. The lowest BCUT2D eigenvalue weighted by Gasteiger charge is -2.12. The number of nitrogens with two attached hydrogens (primary N) is 1. The van der Waals surface area contributed by atoms with Crippen molar-refractivity contribution in [2.75, 3.05) is 14.2 Å². The summed E-state index contributed by atoms with van der Waals surface area (Å²) in [6, 6.07) is 3.63. The van der Waals surface area contributed by atoms with E-state index < -0.39 is 5.91 Å². The quantitative estimate of drug-likeness (QED) is 0.784. The monoisotopic (exact) mass is 221 g/mol. The van der Waals surface area contributed by atoms with Gasteiger partial charge < -0.3 is 15.2 Å². The summed E-state index contributed by atoms with van der Waals surface area (Å²) in [5, 5.41) is 0. The van der Waals surface area contributed by atoms with E-state index in [2.05, 4.69) is 0 Å². The summed E-state index contributed by atoms with van der Waals surface area (Å²) >= 11 is 0. The van der Waals surface area contributed by atoms with Crippen LogP contribution in [0.5, 0.6) is 11.5 Å². The molecule has 1 amide bonds. The van der Waals surface area contributed by atoms with Crippen molar-refractivity contribution in [1.82, 2.24) is 0 Å². The standard InChI is InChI=1S/C12H15NO3/c1-8-10(15-2)6-4-9(12(8)16-3)5-7-11(13)14/h4-7H,1-3H3,(H2,13,14)/b7-5+. The summed E-state index contributed by atoms with van der Waals surface area (Å²) in [6.07, 6.45) is 2.91. The number of primary amides is 1. The molecule has 0 saturated heterocycles. The van der Waals surface area contributed by atoms with Crippen LogP contribution in [0, 0.1) is 6.92 Å². The van der Waals surface area contributed by atoms with Crippen LogP contribution in [0.15, 0.2) is 18.2 Å². The van der Waals surface area contributed by atoms with Crippen LogP contribution in [0.25, 0.3) is 6.08 Å². The van der Waals surface area contributed by atoms with Crippen molar-refractivity contribution < 1.29 is 14.3 Å². The summed E-state index contributed by atoms with van der Waals surface area (Å²) < 4.78 is 10.4. The van der Waals surface area contributed by atoms with Crippen molar-refractivity contribution in [2.45, 2.75) is 6.92 Å². The molecule has 1 aromatic rings. The van der Waals surface area contributed by atoms with Crippen molar-refractivity contribution in [3.05, 3.63) is 29.3 Å². The van der Waals surface area contributed by atoms with E-state index in [-0.39, 0.29) is 0 Å². The molecule has 0 fully saturated rings. The van der Waals surface area contributed by atoms with Gasteiger partial charge in [-0.2, -0.15) is 0 Å². The van der Waals surface area contributed by atoms with Crippen molar-refractivity contribution >= 4 is 12.0 Å². The molecule has 0 aliphatic carbocycles. The molecule has 0 radical (unpaired) electrons. The minimum absolute atomic E-state index is 0.490. The van der Waals surface area contributed by atoms with E-state index >= 15 is 0 Å². The molecule has 0 spiro atoms. The van der Waals surface area contributed by atoms with Crippen LogP contribution in [0.2, 0.25) is 0 Å². The van der Waals surface area contributed by atoms with E-state index in [0.717, 1.165) is 16.9 Å². The molecule has 2 N–H and O–H groups in total. The van der Waals surface area contributed by atoms with Crippen LogP contribution in [-0.2, 0) is 4.79 Å². The van der Waals surface area contributed by atoms with Gasteiger partial charge in [0, 0.05) is 17.2 Å². The fourth-order valence-corrected chi connectivity index (χ4v) is 1.49. The first kappa shape index (κ1) is 12.1. The molecule has 86 valence electrons. The van der Waals surface area contributed by atoms with Crippen LogP contribution in [0.1, 0.15) is 11.1 Å². The number of rotatable bonds is 4. The first-order valence-electron chi connectivity index (χ1n) is 4.79. The lowest BCUT2D eigenvalue weighted by molar-refractivity contribution is -0.113. The second-order valence-electron chi connectivity index (χ2n) is 3.25. The molecule has 4 nitrogen and oxygen atoms in total. The third kappa shape index (κ3) is 2.53. The minimum atomic E-state index is -0.490. The lowest BCUT2D eigenvalue weighted by Crippen LogP contribution is -2.05. The van der Waals surface area contributed by atoms with Gasteiger partial charge in [0.05, 0.1) is 14.2 Å². The average molecular weight is 221 g/mol. The van der Waals surface area contributed by atoms with Gasteiger partial charge in [-0.05, 0) is 25.1 Å². The second-order valence-corrected chi connectivity index (χ2v) is 3.25. The van der Waals surface area contributed by atoms with Crippen molar-refractivity contribution in [3.8, 4) is 11.5 Å². The van der Waals surface area contributed by atoms with Gasteiger partial charge >= 0.3 is 0 Å². The number of hydrogen-bond donors (Lipinski definition) is 1. The molecule has 0 aliphatic rings. The molecule has 4 heteroatoms. The Morgan fingerprint density at radius 2 is 2.00 bits per heavy atom. The number of carbonyl (C=O) groups is 1. The van der Waals surface area contributed by atoms with Gasteiger partial charge in [0.2, 0.25) is 5.91 Å². The smallest absolute Gasteiger partial charge is 0.241 e. The van der Waals surface area contributed by atoms with Crippen molar-refractivity contribution in [3.63, 3.8) is 0 Å². The summed E-state index contributed by atoms with van der Waals surface area (Å²) in [5.41, 5.74) is 6.71. The molecule has 1 rings (SSSR count). The van der Waals surface area contributed by atoms with E-state index in [1.165, 1.54) is 6.08 Å². The molecule has 16 heavy (non-hydrogen) atoms. The fraction of sp³-hybridized carbons (Fsp3) is 0.250. The van der Waals surface area contributed by atoms with Gasteiger partial charge in [0.25, 0.3) is 0 Å². The van der Waals surface area contributed by atoms with Crippen LogP contribution in [0.4, 0.5) is 0 Å². The summed E-state index contributed by atoms with van der Waals surface area (Å²) in [7, 11) is 3.17. The number of methoxy groups -OCH3 is 2. The normalized spacial score (nSPS) is 10.4. The van der Waals surface area contributed by atoms with Crippen molar-refractivity contribution in [1.29, 1.82) is 0 Å². The van der Waals surface area contributed by atoms with Crippen LogP contribution >= 0.6 is 0 Å². The molecule has 0 unspecified atom stereocenters. The van der Waals surface area contributed by atoms with Crippen LogP contribution in [-0.4, -0.2) is 20.1 Å². The summed E-state index contributed by atoms with van der Waals surface area (Å²) in [4.78, 5) is 10.7. The van der Waals surface area contributed by atoms with Gasteiger partial charge in [-0.1, -0.05) is 0 Å². The highest BCUT2D eigenvalue weighted by Crippen LogP contribution is 2.31. The zero-order valence-electron chi connectivity index (χ0n) is 9.61. The molecular formula is C12H15NO3. The third-order valence-corrected chi connectivity index (χ3v) is 2.24. The molecule has 0 aliphatic heterocycles. The predicted octanol–water partition coefficient (Wildman–Crippen LogP) is 1.51. The van der Waals surface area contributed by atoms with E-state index in [0.29, 0.717) is 5.75 Å². The molecule has 1 aromatic carbocycles. The van der Waals surface area contributed by atoms with E-state index in [4.69, 9.17) is 15.2 Å². The molecular weight excluding hydrogens is 206 g/mol. The summed E-state index contributed by atoms with van der Waals surface area (Å²) in [6.45, 7) is 1.89. The fourth-order valence-electron chi connectivity index (χ4n) is 1.49. The van der Waals surface area contributed by atoms with Gasteiger partial charge in [-0.25, -0.2) is 0 Å². The number of amides is 1. The predicted molar refractivity (Wildman–Crippen MR) is 62.5 cm³/mol. The Hall–Kier alpha value is -1.97. The van der Waals surface area contributed by atoms with Crippen LogP contribution in [0.3, 0.4) is 0 Å². The minimum Gasteiger partial charge on any atom is -0.496 e. The number of hydrogen-bond acceptors (Lipinski definition) is 3. The Morgan fingerprint density at radius 1 is 1.31 bits per heavy atom. The average Bonchev–Trinajstić information content (AvgIpc) is 2.26. The third-order valence-electron chi connectivity index (χ3n) is 2.24. The number of ether oxygens (including phenoxy) is 2. The maximum Gasteiger partial charge on any atom is 0.241 e. The molecule has 0 heterocycles. The Kier molecular flexibility index (Phi) is 3.94. The first-order chi connectivity index (χ1) is 7.60. The van der Waals surface area contributed by atoms with Gasteiger partial charge in [-0.15, -0.1) is 0 Å². The Bertz CT molecular complexity index is 425. The number of benzene rings is 1. The zero-order chi connectivity index (χ0) is 12.1. The maximum atomic E-state index is 10.7. The molecule has 0 saturated carbocycles. The Labute approximate surface area is 94.7 Å². The molecule has 0 atom stereocenters. The van der Waals surface area contributed by atoms with Crippen LogP contribution < -0.4 is 15.2 Å². The van der Waals surface area contributed by atoms with E-state index in [1.54, 1.807) is 20.3 Å².